The molecule has 0 atom stereocenters. The van der Waals surface area contributed by atoms with E-state index in [1.165, 1.54) is 11.8 Å². The van der Waals surface area contributed by atoms with Crippen LogP contribution in [0.1, 0.15) is 5.56 Å². The second-order valence-electron chi connectivity index (χ2n) is 3.19. The average Bonchev–Trinajstić information content (AvgIpc) is 2.75. The molecule has 0 aliphatic heterocycles. The van der Waals surface area contributed by atoms with Crippen molar-refractivity contribution in [3.8, 4) is 17.5 Å². The number of benzene rings is 1. The van der Waals surface area contributed by atoms with Crippen molar-refractivity contribution < 1.29 is 4.42 Å². The molecule has 80 valence electrons. The fourth-order valence-corrected chi connectivity index (χ4v) is 1.68. The van der Waals surface area contributed by atoms with Gasteiger partial charge >= 0.3 is 0 Å². The van der Waals surface area contributed by atoms with Crippen LogP contribution in [0.15, 0.2) is 33.9 Å². The van der Waals surface area contributed by atoms with Gasteiger partial charge in [0, 0.05) is 5.56 Å². The molecular weight excluding hydrogens is 222 g/mol. The van der Waals surface area contributed by atoms with Gasteiger partial charge in [-0.25, -0.2) is 0 Å². The van der Waals surface area contributed by atoms with E-state index in [4.69, 9.17) is 9.68 Å². The standard InChI is InChI=1S/C11H9N3OS/c1-8-3-2-4-9(7-8)10-13-14-11(15-10)16-6-5-12/h2-4,7H,6H2,1H3. The van der Waals surface area contributed by atoms with Crippen molar-refractivity contribution in [1.82, 2.24) is 10.2 Å². The first-order chi connectivity index (χ1) is 7.79. The number of aryl methyl sites for hydroxylation is 1. The molecule has 0 bridgehead atoms. The molecule has 2 aromatic rings. The molecule has 0 N–H and O–H groups in total. The Kier molecular flexibility index (Phi) is 3.22. The molecule has 4 nitrogen and oxygen atoms in total. The SMILES string of the molecule is Cc1cccc(-c2nnc(SCC#N)o2)c1. The van der Waals surface area contributed by atoms with Crippen molar-refractivity contribution in [3.63, 3.8) is 0 Å². The molecule has 0 saturated carbocycles. The number of thioether (sulfide) groups is 1. The molecule has 5 heteroatoms. The highest BCUT2D eigenvalue weighted by atomic mass is 32.2. The van der Waals surface area contributed by atoms with Crippen molar-refractivity contribution in [2.75, 3.05) is 5.75 Å². The van der Waals surface area contributed by atoms with Gasteiger partial charge in [0.2, 0.25) is 5.89 Å². The normalized spacial score (nSPS) is 10.0. The van der Waals surface area contributed by atoms with Crippen LogP contribution in [-0.2, 0) is 0 Å². The molecular formula is C11H9N3OS. The van der Waals surface area contributed by atoms with E-state index >= 15 is 0 Å². The van der Waals surface area contributed by atoms with Crippen molar-refractivity contribution >= 4 is 11.8 Å². The molecule has 0 fully saturated rings. The molecule has 0 aliphatic rings. The lowest BCUT2D eigenvalue weighted by molar-refractivity contribution is 0.466. The zero-order valence-electron chi connectivity index (χ0n) is 8.67. The minimum Gasteiger partial charge on any atom is -0.411 e. The van der Waals surface area contributed by atoms with Gasteiger partial charge in [0.05, 0.1) is 11.8 Å². The molecule has 16 heavy (non-hydrogen) atoms. The van der Waals surface area contributed by atoms with Crippen molar-refractivity contribution in [3.05, 3.63) is 29.8 Å². The van der Waals surface area contributed by atoms with E-state index in [2.05, 4.69) is 10.2 Å². The number of hydrogen-bond donors (Lipinski definition) is 0. The number of rotatable bonds is 3. The van der Waals surface area contributed by atoms with Gasteiger partial charge in [0.15, 0.2) is 0 Å². The van der Waals surface area contributed by atoms with E-state index in [9.17, 15) is 0 Å². The van der Waals surface area contributed by atoms with Crippen molar-refractivity contribution in [2.45, 2.75) is 12.1 Å². The fraction of sp³-hybridized carbons (Fsp3) is 0.182. The molecule has 1 aromatic carbocycles. The predicted octanol–water partition coefficient (Wildman–Crippen LogP) is 2.66. The van der Waals surface area contributed by atoms with E-state index in [0.717, 1.165) is 11.1 Å². The fourth-order valence-electron chi connectivity index (χ4n) is 1.26. The first-order valence-electron chi connectivity index (χ1n) is 4.70. The van der Waals surface area contributed by atoms with E-state index in [-0.39, 0.29) is 0 Å². The summed E-state index contributed by atoms with van der Waals surface area (Å²) in [4.78, 5) is 0. The Morgan fingerprint density at radius 2 is 2.31 bits per heavy atom. The van der Waals surface area contributed by atoms with Crippen molar-refractivity contribution in [2.24, 2.45) is 0 Å². The van der Waals surface area contributed by atoms with Crippen LogP contribution < -0.4 is 0 Å². The van der Waals surface area contributed by atoms with Gasteiger partial charge < -0.3 is 4.42 Å². The summed E-state index contributed by atoms with van der Waals surface area (Å²) in [6.07, 6.45) is 0. The van der Waals surface area contributed by atoms with Crippen LogP contribution >= 0.6 is 11.8 Å². The monoisotopic (exact) mass is 231 g/mol. The summed E-state index contributed by atoms with van der Waals surface area (Å²) in [6, 6.07) is 9.85. The van der Waals surface area contributed by atoms with Gasteiger partial charge in [0.25, 0.3) is 5.22 Å². The summed E-state index contributed by atoms with van der Waals surface area (Å²) >= 11 is 1.24. The Balaban J connectivity index is 2.22. The molecule has 1 aromatic heterocycles. The van der Waals surface area contributed by atoms with Gasteiger partial charge in [-0.15, -0.1) is 10.2 Å². The van der Waals surface area contributed by atoms with Gasteiger partial charge in [-0.05, 0) is 19.1 Å². The molecule has 0 spiro atoms. The van der Waals surface area contributed by atoms with Crippen LogP contribution in [0.4, 0.5) is 0 Å². The zero-order chi connectivity index (χ0) is 11.4. The Hall–Kier alpha value is -1.80. The molecule has 0 unspecified atom stereocenters. The molecule has 0 saturated heterocycles. The van der Waals surface area contributed by atoms with Crippen LogP contribution in [0.5, 0.6) is 0 Å². The first kappa shape index (κ1) is 10.7. The third kappa shape index (κ3) is 2.41. The topological polar surface area (TPSA) is 62.7 Å². The molecule has 1 heterocycles. The highest BCUT2D eigenvalue weighted by Crippen LogP contribution is 2.23. The number of nitrogens with zero attached hydrogens (tertiary/aromatic N) is 3. The lowest BCUT2D eigenvalue weighted by atomic mass is 10.1. The second kappa shape index (κ2) is 4.81. The smallest absolute Gasteiger partial charge is 0.277 e. The van der Waals surface area contributed by atoms with Gasteiger partial charge in [-0.3, -0.25) is 0 Å². The average molecular weight is 231 g/mol. The minimum absolute atomic E-state index is 0.315. The van der Waals surface area contributed by atoms with Crippen LogP contribution in [0.25, 0.3) is 11.5 Å². The minimum atomic E-state index is 0.315. The van der Waals surface area contributed by atoms with E-state index < -0.39 is 0 Å². The molecule has 0 radical (unpaired) electrons. The van der Waals surface area contributed by atoms with Crippen LogP contribution in [0.2, 0.25) is 0 Å². The Morgan fingerprint density at radius 1 is 1.44 bits per heavy atom. The molecule has 0 amide bonds. The van der Waals surface area contributed by atoms with Gasteiger partial charge in [0.1, 0.15) is 0 Å². The van der Waals surface area contributed by atoms with Crippen LogP contribution in [0.3, 0.4) is 0 Å². The van der Waals surface area contributed by atoms with E-state index in [1.54, 1.807) is 0 Å². The zero-order valence-corrected chi connectivity index (χ0v) is 9.49. The highest BCUT2D eigenvalue weighted by Gasteiger charge is 2.08. The molecule has 0 aliphatic carbocycles. The number of hydrogen-bond acceptors (Lipinski definition) is 5. The Labute approximate surface area is 97.3 Å². The predicted molar refractivity (Wildman–Crippen MR) is 60.8 cm³/mol. The third-order valence-electron chi connectivity index (χ3n) is 1.93. The second-order valence-corrected chi connectivity index (χ2v) is 4.12. The van der Waals surface area contributed by atoms with Crippen LogP contribution in [0, 0.1) is 18.3 Å². The maximum absolute atomic E-state index is 8.43. The first-order valence-corrected chi connectivity index (χ1v) is 5.68. The van der Waals surface area contributed by atoms with Gasteiger partial charge in [-0.1, -0.05) is 29.5 Å². The number of nitriles is 1. The lowest BCUT2D eigenvalue weighted by Crippen LogP contribution is -1.78. The van der Waals surface area contributed by atoms with Crippen molar-refractivity contribution in [1.29, 1.82) is 5.26 Å². The van der Waals surface area contributed by atoms with E-state index in [0.29, 0.717) is 16.9 Å². The summed E-state index contributed by atoms with van der Waals surface area (Å²) in [5.41, 5.74) is 2.04. The summed E-state index contributed by atoms with van der Waals surface area (Å²) in [5, 5.41) is 16.6. The summed E-state index contributed by atoms with van der Waals surface area (Å²) in [6.45, 7) is 2.01. The largest absolute Gasteiger partial charge is 0.411 e. The summed E-state index contributed by atoms with van der Waals surface area (Å²) in [7, 11) is 0. The Morgan fingerprint density at radius 3 is 3.06 bits per heavy atom. The number of aromatic nitrogens is 2. The summed E-state index contributed by atoms with van der Waals surface area (Å²) < 4.78 is 5.42. The highest BCUT2D eigenvalue weighted by molar-refractivity contribution is 7.99. The Bertz CT molecular complexity index is 530. The third-order valence-corrected chi connectivity index (χ3v) is 2.62. The van der Waals surface area contributed by atoms with E-state index in [1.807, 2.05) is 37.3 Å². The van der Waals surface area contributed by atoms with Crippen LogP contribution in [-0.4, -0.2) is 16.0 Å². The summed E-state index contributed by atoms with van der Waals surface area (Å²) in [5.74, 6) is 0.805. The van der Waals surface area contributed by atoms with Gasteiger partial charge in [-0.2, -0.15) is 5.26 Å². The quantitative estimate of drug-likeness (QED) is 0.760. The maximum Gasteiger partial charge on any atom is 0.277 e. The molecule has 2 rings (SSSR count). The lowest BCUT2D eigenvalue weighted by Gasteiger charge is -1.95. The maximum atomic E-state index is 8.43.